The average Bonchev–Trinajstić information content (AvgIpc) is 2.42. The summed E-state index contributed by atoms with van der Waals surface area (Å²) in [6, 6.07) is 10.2. The van der Waals surface area contributed by atoms with Crippen LogP contribution in [-0.4, -0.2) is 30.3 Å². The predicted octanol–water partition coefficient (Wildman–Crippen LogP) is 1.48. The third-order valence-electron chi connectivity index (χ3n) is 2.80. The van der Waals surface area contributed by atoms with Gasteiger partial charge in [0.2, 0.25) is 0 Å². The predicted molar refractivity (Wildman–Crippen MR) is 70.0 cm³/mol. The molecule has 1 aromatic rings. The first kappa shape index (κ1) is 14.7. The van der Waals surface area contributed by atoms with Gasteiger partial charge in [0.15, 0.2) is 0 Å². The summed E-state index contributed by atoms with van der Waals surface area (Å²) in [5.41, 5.74) is 1.01. The number of piperidine rings is 1. The van der Waals surface area contributed by atoms with E-state index in [1.165, 1.54) is 0 Å². The minimum atomic E-state index is -0.0915. The highest BCUT2D eigenvalue weighted by Crippen LogP contribution is 2.05. The lowest BCUT2D eigenvalue weighted by Gasteiger charge is -2.23. The number of hydrogen-bond donors (Lipinski definition) is 2. The van der Waals surface area contributed by atoms with Crippen molar-refractivity contribution in [3.05, 3.63) is 35.9 Å². The summed E-state index contributed by atoms with van der Waals surface area (Å²) in [6.07, 6.45) is 1.99. The quantitative estimate of drug-likeness (QED) is 0.799. The van der Waals surface area contributed by atoms with Crippen molar-refractivity contribution >= 4 is 6.47 Å². The average molecular weight is 251 g/mol. The summed E-state index contributed by atoms with van der Waals surface area (Å²) in [6.45, 7) is 3.74. The second-order valence-electron chi connectivity index (χ2n) is 4.43. The third-order valence-corrected chi connectivity index (χ3v) is 2.80. The molecular weight excluding hydrogens is 230 g/mol. The van der Waals surface area contributed by atoms with Gasteiger partial charge in [0.05, 0.1) is 6.10 Å². The molecule has 1 saturated heterocycles. The largest absolute Gasteiger partial charge is 0.463 e. The highest BCUT2D eigenvalue weighted by molar-refractivity contribution is 5.37. The molecule has 0 radical (unpaired) electrons. The summed E-state index contributed by atoms with van der Waals surface area (Å²) < 4.78 is 4.54. The van der Waals surface area contributed by atoms with Crippen LogP contribution in [0.4, 0.5) is 0 Å². The molecule has 0 bridgehead atoms. The van der Waals surface area contributed by atoms with Crippen LogP contribution in [0.15, 0.2) is 30.3 Å². The lowest BCUT2D eigenvalue weighted by atomic mass is 10.0. The summed E-state index contributed by atoms with van der Waals surface area (Å²) in [5, 5.41) is 12.1. The molecule has 0 spiro atoms. The van der Waals surface area contributed by atoms with Crippen LogP contribution < -0.4 is 5.32 Å². The van der Waals surface area contributed by atoms with Crippen molar-refractivity contribution in [1.82, 2.24) is 5.32 Å². The number of aliphatic hydroxyl groups excluding tert-OH is 1. The van der Waals surface area contributed by atoms with Crippen molar-refractivity contribution in [2.45, 2.75) is 38.5 Å². The second kappa shape index (κ2) is 8.66. The zero-order valence-electron chi connectivity index (χ0n) is 10.7. The Balaban J connectivity index is 0.000000184. The van der Waals surface area contributed by atoms with Crippen molar-refractivity contribution in [1.29, 1.82) is 0 Å². The fourth-order valence-corrected chi connectivity index (χ4v) is 1.69. The van der Waals surface area contributed by atoms with Gasteiger partial charge in [0.25, 0.3) is 6.47 Å². The molecule has 1 heterocycles. The monoisotopic (exact) mass is 251 g/mol. The number of nitrogens with one attached hydrogen (secondary N) is 1. The smallest absolute Gasteiger partial charge is 0.293 e. The number of aliphatic hydroxyl groups is 1. The summed E-state index contributed by atoms with van der Waals surface area (Å²) in [7, 11) is 0. The molecule has 0 amide bonds. The molecule has 18 heavy (non-hydrogen) atoms. The maximum atomic E-state index is 9.76. The van der Waals surface area contributed by atoms with Crippen molar-refractivity contribution in [2.24, 2.45) is 0 Å². The van der Waals surface area contributed by atoms with Crippen molar-refractivity contribution in [3.63, 3.8) is 0 Å². The lowest BCUT2D eigenvalue weighted by molar-refractivity contribution is -0.129. The number of benzene rings is 1. The number of carbonyl (C=O) groups excluding carboxylic acids is 1. The molecule has 2 atom stereocenters. The van der Waals surface area contributed by atoms with Crippen molar-refractivity contribution in [2.75, 3.05) is 6.54 Å². The van der Waals surface area contributed by atoms with E-state index in [0.29, 0.717) is 19.1 Å². The van der Waals surface area contributed by atoms with Gasteiger partial charge in [-0.25, -0.2) is 0 Å². The molecule has 1 aliphatic rings. The zero-order valence-corrected chi connectivity index (χ0v) is 10.7. The summed E-state index contributed by atoms with van der Waals surface area (Å²) in [5.74, 6) is 0. The number of rotatable bonds is 3. The lowest BCUT2D eigenvalue weighted by Crippen LogP contribution is -2.39. The Morgan fingerprint density at radius 2 is 2.11 bits per heavy atom. The Labute approximate surface area is 108 Å². The van der Waals surface area contributed by atoms with Gasteiger partial charge in [0, 0.05) is 12.6 Å². The minimum absolute atomic E-state index is 0.0915. The molecule has 2 rings (SSSR count). The van der Waals surface area contributed by atoms with E-state index in [-0.39, 0.29) is 6.10 Å². The molecule has 0 aromatic heterocycles. The standard InChI is InChI=1S/C8H8O2.C6H13NO/c9-7-10-6-8-4-2-1-3-5-8;1-5-2-3-6(8)4-7-5/h1-5,7H,6H2;5-8H,2-4H2,1H3/t;5-,6-/m.0/s1. The van der Waals surface area contributed by atoms with E-state index >= 15 is 0 Å². The van der Waals surface area contributed by atoms with Crippen molar-refractivity contribution in [3.8, 4) is 0 Å². The molecule has 1 aliphatic heterocycles. The molecule has 4 heteroatoms. The first-order valence-corrected chi connectivity index (χ1v) is 6.23. The van der Waals surface area contributed by atoms with Crippen LogP contribution >= 0.6 is 0 Å². The maximum Gasteiger partial charge on any atom is 0.293 e. The molecule has 4 nitrogen and oxygen atoms in total. The van der Waals surface area contributed by atoms with Crippen LogP contribution in [0, 0.1) is 0 Å². The minimum Gasteiger partial charge on any atom is -0.463 e. The van der Waals surface area contributed by atoms with E-state index in [9.17, 15) is 4.79 Å². The van der Waals surface area contributed by atoms with Crippen molar-refractivity contribution < 1.29 is 14.6 Å². The van der Waals surface area contributed by atoms with E-state index in [1.807, 2.05) is 30.3 Å². The van der Waals surface area contributed by atoms with Crippen LogP contribution in [0.1, 0.15) is 25.3 Å². The van der Waals surface area contributed by atoms with E-state index in [4.69, 9.17) is 5.11 Å². The Kier molecular flexibility index (Phi) is 7.06. The maximum absolute atomic E-state index is 9.76. The van der Waals surface area contributed by atoms with E-state index in [0.717, 1.165) is 24.9 Å². The highest BCUT2D eigenvalue weighted by Gasteiger charge is 2.13. The van der Waals surface area contributed by atoms with E-state index < -0.39 is 0 Å². The highest BCUT2D eigenvalue weighted by atomic mass is 16.5. The van der Waals surface area contributed by atoms with E-state index in [1.54, 1.807) is 0 Å². The van der Waals surface area contributed by atoms with Crippen LogP contribution in [0.25, 0.3) is 0 Å². The van der Waals surface area contributed by atoms with Gasteiger partial charge < -0.3 is 15.2 Å². The van der Waals surface area contributed by atoms with Gasteiger partial charge in [-0.1, -0.05) is 30.3 Å². The van der Waals surface area contributed by atoms with Gasteiger partial charge >= 0.3 is 0 Å². The molecule has 1 aromatic carbocycles. The fourth-order valence-electron chi connectivity index (χ4n) is 1.69. The second-order valence-corrected chi connectivity index (χ2v) is 4.43. The summed E-state index contributed by atoms with van der Waals surface area (Å²) >= 11 is 0. The summed E-state index contributed by atoms with van der Waals surface area (Å²) in [4.78, 5) is 9.76. The third kappa shape index (κ3) is 6.37. The molecule has 0 saturated carbocycles. The molecule has 100 valence electrons. The Bertz CT molecular complexity index is 311. The molecule has 0 unspecified atom stereocenters. The SMILES string of the molecule is C[C@H]1CC[C@H](O)CN1.O=COCc1ccccc1. The van der Waals surface area contributed by atoms with Crippen LogP contribution in [0.5, 0.6) is 0 Å². The Hall–Kier alpha value is -1.39. The van der Waals surface area contributed by atoms with Crippen LogP contribution in [0.2, 0.25) is 0 Å². The zero-order chi connectivity index (χ0) is 13.2. The molecule has 0 aliphatic carbocycles. The normalized spacial score (nSPS) is 22.6. The Morgan fingerprint density at radius 1 is 1.39 bits per heavy atom. The first-order chi connectivity index (χ1) is 8.72. The van der Waals surface area contributed by atoms with Crippen LogP contribution in [0.3, 0.4) is 0 Å². The van der Waals surface area contributed by atoms with Crippen LogP contribution in [-0.2, 0) is 16.1 Å². The first-order valence-electron chi connectivity index (χ1n) is 6.23. The van der Waals surface area contributed by atoms with Gasteiger partial charge in [0.1, 0.15) is 6.61 Å². The Morgan fingerprint density at radius 3 is 2.61 bits per heavy atom. The molecule has 1 fully saturated rings. The number of hydrogen-bond acceptors (Lipinski definition) is 4. The fraction of sp³-hybridized carbons (Fsp3) is 0.500. The number of β-amino-alcohol motifs (C(OH)–C–C–N with tert-alkyl or cyclic N) is 1. The number of carbonyl (C=O) groups is 1. The molecule has 2 N–H and O–H groups in total. The van der Waals surface area contributed by atoms with Gasteiger partial charge in [-0.15, -0.1) is 0 Å². The van der Waals surface area contributed by atoms with E-state index in [2.05, 4.69) is 17.0 Å². The number of ether oxygens (including phenoxy) is 1. The van der Waals surface area contributed by atoms with Gasteiger partial charge in [-0.3, -0.25) is 4.79 Å². The topological polar surface area (TPSA) is 58.6 Å². The molecular formula is C14H21NO3. The van der Waals surface area contributed by atoms with Gasteiger partial charge in [-0.05, 0) is 25.3 Å². The van der Waals surface area contributed by atoms with Gasteiger partial charge in [-0.2, -0.15) is 0 Å².